The molecule has 1 aromatic rings. The van der Waals surface area contributed by atoms with Crippen molar-refractivity contribution in [2.75, 3.05) is 13.1 Å². The van der Waals surface area contributed by atoms with Gasteiger partial charge >= 0.3 is 0 Å². The van der Waals surface area contributed by atoms with E-state index in [1.54, 1.807) is 0 Å². The molecular weight excluding hydrogens is 276 g/mol. The maximum Gasteiger partial charge on any atom is 0.229 e. The second-order valence-corrected chi connectivity index (χ2v) is 5.83. The van der Waals surface area contributed by atoms with Gasteiger partial charge in [0.1, 0.15) is 0 Å². The van der Waals surface area contributed by atoms with Crippen LogP contribution in [0.5, 0.6) is 0 Å². The van der Waals surface area contributed by atoms with E-state index in [0.29, 0.717) is 19.6 Å². The second kappa shape index (κ2) is 8.66. The molecule has 1 atom stereocenters. The third-order valence-corrected chi connectivity index (χ3v) is 4.05. The van der Waals surface area contributed by atoms with E-state index in [1.807, 2.05) is 0 Å². The van der Waals surface area contributed by atoms with Gasteiger partial charge in [-0.05, 0) is 31.7 Å². The fourth-order valence-corrected chi connectivity index (χ4v) is 2.75. The molecule has 4 N–H and O–H groups in total. The lowest BCUT2D eigenvalue weighted by Gasteiger charge is -2.23. The maximum absolute atomic E-state index is 12.4. The molecule has 0 heterocycles. The molecule has 0 saturated heterocycles. The van der Waals surface area contributed by atoms with Crippen LogP contribution in [0.2, 0.25) is 0 Å². The zero-order valence-electron chi connectivity index (χ0n) is 13.3. The first kappa shape index (κ1) is 16.6. The van der Waals surface area contributed by atoms with Crippen LogP contribution in [0, 0.1) is 12.8 Å². The molecule has 1 fully saturated rings. The lowest BCUT2D eigenvalue weighted by atomic mass is 9.86. The van der Waals surface area contributed by atoms with E-state index < -0.39 is 0 Å². The van der Waals surface area contributed by atoms with Crippen molar-refractivity contribution in [3.63, 3.8) is 0 Å². The summed E-state index contributed by atoms with van der Waals surface area (Å²) in [5, 5.41) is 3.05. The number of nitrogens with one attached hydrogen (secondary N) is 2. The SMILES string of the molecule is Cc1ccc(CNC(=O)C2CCCCC2=NCCNN)cc1. The topological polar surface area (TPSA) is 79.5 Å². The molecule has 0 radical (unpaired) electrons. The lowest BCUT2D eigenvalue weighted by Crippen LogP contribution is -2.37. The minimum absolute atomic E-state index is 0.0722. The summed E-state index contributed by atoms with van der Waals surface area (Å²) in [7, 11) is 0. The number of aryl methyl sites for hydroxylation is 1. The Balaban J connectivity index is 1.91. The maximum atomic E-state index is 12.4. The molecule has 1 aliphatic carbocycles. The number of nitrogens with zero attached hydrogens (tertiary/aromatic N) is 1. The molecule has 0 aromatic heterocycles. The third kappa shape index (κ3) is 4.93. The number of aliphatic imine (C=N–C) groups is 1. The summed E-state index contributed by atoms with van der Waals surface area (Å²) in [6.45, 7) is 3.91. The van der Waals surface area contributed by atoms with Crippen molar-refractivity contribution in [3.05, 3.63) is 35.4 Å². The molecule has 1 saturated carbocycles. The van der Waals surface area contributed by atoms with E-state index in [-0.39, 0.29) is 11.8 Å². The minimum atomic E-state index is -0.0722. The van der Waals surface area contributed by atoms with Gasteiger partial charge in [-0.3, -0.25) is 21.1 Å². The van der Waals surface area contributed by atoms with Gasteiger partial charge in [0.15, 0.2) is 0 Å². The molecule has 1 aromatic carbocycles. The second-order valence-electron chi connectivity index (χ2n) is 5.83. The van der Waals surface area contributed by atoms with Gasteiger partial charge in [0.05, 0.1) is 12.5 Å². The van der Waals surface area contributed by atoms with Crippen molar-refractivity contribution in [3.8, 4) is 0 Å². The van der Waals surface area contributed by atoms with Gasteiger partial charge in [-0.1, -0.05) is 36.2 Å². The predicted octanol–water partition coefficient (Wildman–Crippen LogP) is 1.71. The Hall–Kier alpha value is -1.72. The van der Waals surface area contributed by atoms with Crippen molar-refractivity contribution in [1.29, 1.82) is 0 Å². The average Bonchev–Trinajstić information content (AvgIpc) is 2.55. The Labute approximate surface area is 132 Å². The van der Waals surface area contributed by atoms with Gasteiger partial charge in [0, 0.05) is 18.8 Å². The molecule has 0 bridgehead atoms. The number of hydrogen-bond donors (Lipinski definition) is 3. The molecule has 0 aliphatic heterocycles. The monoisotopic (exact) mass is 302 g/mol. The van der Waals surface area contributed by atoms with E-state index in [9.17, 15) is 4.79 Å². The van der Waals surface area contributed by atoms with Gasteiger partial charge in [-0.2, -0.15) is 0 Å². The first-order valence-electron chi connectivity index (χ1n) is 8.00. The number of rotatable bonds is 6. The molecule has 1 aliphatic rings. The summed E-state index contributed by atoms with van der Waals surface area (Å²) in [6, 6.07) is 8.24. The zero-order chi connectivity index (χ0) is 15.8. The van der Waals surface area contributed by atoms with Crippen LogP contribution in [0.25, 0.3) is 0 Å². The van der Waals surface area contributed by atoms with Crippen LogP contribution in [0.4, 0.5) is 0 Å². The Kier molecular flexibility index (Phi) is 6.55. The first-order chi connectivity index (χ1) is 10.7. The highest BCUT2D eigenvalue weighted by Crippen LogP contribution is 2.22. The van der Waals surface area contributed by atoms with Gasteiger partial charge in [-0.25, -0.2) is 0 Å². The number of hydrazine groups is 1. The third-order valence-electron chi connectivity index (χ3n) is 4.05. The van der Waals surface area contributed by atoms with Gasteiger partial charge in [0.2, 0.25) is 5.91 Å². The molecule has 120 valence electrons. The number of benzene rings is 1. The summed E-state index contributed by atoms with van der Waals surface area (Å²) in [6.07, 6.45) is 4.04. The molecular formula is C17H26N4O. The summed E-state index contributed by atoms with van der Waals surface area (Å²) in [5.41, 5.74) is 5.98. The molecule has 22 heavy (non-hydrogen) atoms. The molecule has 2 rings (SSSR count). The van der Waals surface area contributed by atoms with Crippen molar-refractivity contribution in [2.24, 2.45) is 16.8 Å². The molecule has 0 spiro atoms. The minimum Gasteiger partial charge on any atom is -0.351 e. The predicted molar refractivity (Wildman–Crippen MR) is 89.5 cm³/mol. The molecule has 1 amide bonds. The summed E-state index contributed by atoms with van der Waals surface area (Å²) < 4.78 is 0. The van der Waals surface area contributed by atoms with Crippen LogP contribution in [0.1, 0.15) is 36.8 Å². The van der Waals surface area contributed by atoms with Crippen molar-refractivity contribution in [1.82, 2.24) is 10.7 Å². The normalized spacial score (nSPS) is 20.1. The van der Waals surface area contributed by atoms with E-state index in [4.69, 9.17) is 5.84 Å². The van der Waals surface area contributed by atoms with E-state index in [0.717, 1.165) is 37.0 Å². The number of amides is 1. The standard InChI is InChI=1S/C17H26N4O/c1-13-6-8-14(9-7-13)12-20-17(22)15-4-2-3-5-16(15)19-10-11-21-18/h6-9,15,21H,2-5,10-12,18H2,1H3,(H,20,22). The molecule has 1 unspecified atom stereocenters. The quantitative estimate of drug-likeness (QED) is 0.425. The van der Waals surface area contributed by atoms with E-state index >= 15 is 0 Å². The van der Waals surface area contributed by atoms with Crippen molar-refractivity contribution >= 4 is 11.6 Å². The Morgan fingerprint density at radius 2 is 2.09 bits per heavy atom. The zero-order valence-corrected chi connectivity index (χ0v) is 13.3. The van der Waals surface area contributed by atoms with Gasteiger partial charge in [0.25, 0.3) is 0 Å². The highest BCUT2D eigenvalue weighted by Gasteiger charge is 2.26. The molecule has 5 heteroatoms. The summed E-state index contributed by atoms with van der Waals surface area (Å²) in [5.74, 6) is 5.29. The van der Waals surface area contributed by atoms with Crippen LogP contribution in [0.15, 0.2) is 29.3 Å². The number of carbonyl (C=O) groups excluding carboxylic acids is 1. The van der Waals surface area contributed by atoms with E-state index in [1.165, 1.54) is 5.56 Å². The van der Waals surface area contributed by atoms with Crippen LogP contribution in [0.3, 0.4) is 0 Å². The van der Waals surface area contributed by atoms with Crippen molar-refractivity contribution < 1.29 is 4.79 Å². The summed E-state index contributed by atoms with van der Waals surface area (Å²) >= 11 is 0. The largest absolute Gasteiger partial charge is 0.351 e. The number of nitrogens with two attached hydrogens (primary N) is 1. The Morgan fingerprint density at radius 3 is 2.82 bits per heavy atom. The number of hydrogen-bond acceptors (Lipinski definition) is 4. The lowest BCUT2D eigenvalue weighted by molar-refractivity contribution is -0.123. The van der Waals surface area contributed by atoms with Crippen LogP contribution in [-0.4, -0.2) is 24.7 Å². The average molecular weight is 302 g/mol. The molecule has 5 nitrogen and oxygen atoms in total. The van der Waals surface area contributed by atoms with Crippen LogP contribution < -0.4 is 16.6 Å². The highest BCUT2D eigenvalue weighted by molar-refractivity contribution is 6.04. The van der Waals surface area contributed by atoms with E-state index in [2.05, 4.69) is 46.9 Å². The smallest absolute Gasteiger partial charge is 0.229 e. The fourth-order valence-electron chi connectivity index (χ4n) is 2.75. The first-order valence-corrected chi connectivity index (χ1v) is 8.00. The Bertz CT molecular complexity index is 510. The Morgan fingerprint density at radius 1 is 1.32 bits per heavy atom. The summed E-state index contributed by atoms with van der Waals surface area (Å²) in [4.78, 5) is 17.0. The highest BCUT2D eigenvalue weighted by atomic mass is 16.1. The van der Waals surface area contributed by atoms with Crippen LogP contribution in [-0.2, 0) is 11.3 Å². The van der Waals surface area contributed by atoms with Crippen molar-refractivity contribution in [2.45, 2.75) is 39.2 Å². The number of carbonyl (C=O) groups is 1. The van der Waals surface area contributed by atoms with Gasteiger partial charge in [-0.15, -0.1) is 0 Å². The van der Waals surface area contributed by atoms with Crippen LogP contribution >= 0.6 is 0 Å². The van der Waals surface area contributed by atoms with Gasteiger partial charge < -0.3 is 5.32 Å². The fraction of sp³-hybridized carbons (Fsp3) is 0.529.